The number of carboxylic acids is 1. The molecule has 0 aromatic heterocycles. The first-order valence-corrected chi connectivity index (χ1v) is 6.57. The topological polar surface area (TPSA) is 89.8 Å². The van der Waals surface area contributed by atoms with Crippen LogP contribution in [0.3, 0.4) is 0 Å². The van der Waals surface area contributed by atoms with Crippen molar-refractivity contribution in [3.05, 3.63) is 59.7 Å². The summed E-state index contributed by atoms with van der Waals surface area (Å²) in [5.74, 6) is -0.676. The minimum Gasteiger partial charge on any atom is -0.508 e. The van der Waals surface area contributed by atoms with Crippen molar-refractivity contribution < 1.29 is 20.1 Å². The number of phenols is 2. The Balaban J connectivity index is 2.01. The highest BCUT2D eigenvalue weighted by Gasteiger charge is 2.17. The molecule has 110 valence electrons. The number of nitrogens with one attached hydrogen (secondary N) is 1. The fourth-order valence-corrected chi connectivity index (χ4v) is 2.01. The van der Waals surface area contributed by atoms with Gasteiger partial charge in [0, 0.05) is 12.1 Å². The van der Waals surface area contributed by atoms with Crippen LogP contribution in [0.4, 0.5) is 0 Å². The van der Waals surface area contributed by atoms with E-state index in [-0.39, 0.29) is 18.0 Å². The number of aliphatic carboxylic acids is 1. The lowest BCUT2D eigenvalue weighted by Crippen LogP contribution is -2.38. The molecule has 2 rings (SSSR count). The van der Waals surface area contributed by atoms with E-state index >= 15 is 0 Å². The highest BCUT2D eigenvalue weighted by Crippen LogP contribution is 2.16. The summed E-state index contributed by atoms with van der Waals surface area (Å²) in [6, 6.07) is 12.5. The Hall–Kier alpha value is -2.53. The Morgan fingerprint density at radius 1 is 1.05 bits per heavy atom. The molecule has 2 aromatic rings. The molecule has 0 aliphatic heterocycles. The number of phenolic OH excluding ortho intramolecular Hbond substituents is 2. The van der Waals surface area contributed by atoms with Crippen molar-refractivity contribution in [2.75, 3.05) is 0 Å². The molecule has 5 heteroatoms. The predicted molar refractivity (Wildman–Crippen MR) is 78.2 cm³/mol. The standard InChI is InChI=1S/C16H17NO4/c18-13-7-5-11(6-8-13)9-14(16(20)21)17-10-12-3-1-2-4-15(12)19/h1-8,14,17-19H,9-10H2,(H,20,21)/t14-/m0/s1. The van der Waals surface area contributed by atoms with Gasteiger partial charge in [-0.1, -0.05) is 30.3 Å². The third kappa shape index (κ3) is 4.22. The fourth-order valence-electron chi connectivity index (χ4n) is 2.01. The van der Waals surface area contributed by atoms with Crippen LogP contribution >= 0.6 is 0 Å². The summed E-state index contributed by atoms with van der Waals surface area (Å²) in [6.07, 6.45) is 0.295. The number of para-hydroxylation sites is 1. The Kier molecular flexibility index (Phi) is 4.79. The second-order valence-electron chi connectivity index (χ2n) is 4.77. The maximum absolute atomic E-state index is 11.3. The summed E-state index contributed by atoms with van der Waals surface area (Å²) < 4.78 is 0. The minimum atomic E-state index is -0.960. The zero-order valence-corrected chi connectivity index (χ0v) is 11.4. The summed E-state index contributed by atoms with van der Waals surface area (Å²) in [5.41, 5.74) is 1.46. The lowest BCUT2D eigenvalue weighted by molar-refractivity contribution is -0.139. The molecule has 0 saturated carbocycles. The molecule has 0 heterocycles. The Morgan fingerprint density at radius 2 is 1.71 bits per heavy atom. The van der Waals surface area contributed by atoms with E-state index in [9.17, 15) is 20.1 Å². The SMILES string of the molecule is O=C(O)[C@H](Cc1ccc(O)cc1)NCc1ccccc1O. The van der Waals surface area contributed by atoms with Gasteiger partial charge >= 0.3 is 5.97 Å². The molecule has 0 radical (unpaired) electrons. The minimum absolute atomic E-state index is 0.138. The summed E-state index contributed by atoms with van der Waals surface area (Å²) in [5, 5.41) is 31.1. The molecule has 0 saturated heterocycles. The van der Waals surface area contributed by atoms with Crippen LogP contribution in [-0.4, -0.2) is 27.3 Å². The Labute approximate surface area is 122 Å². The van der Waals surface area contributed by atoms with E-state index in [4.69, 9.17) is 0 Å². The van der Waals surface area contributed by atoms with E-state index in [1.54, 1.807) is 36.4 Å². The van der Waals surface area contributed by atoms with Gasteiger partial charge in [-0.3, -0.25) is 10.1 Å². The highest BCUT2D eigenvalue weighted by molar-refractivity contribution is 5.74. The van der Waals surface area contributed by atoms with Crippen LogP contribution in [0.25, 0.3) is 0 Å². The summed E-state index contributed by atoms with van der Waals surface area (Å²) in [7, 11) is 0. The third-order valence-electron chi connectivity index (χ3n) is 3.20. The molecule has 0 bridgehead atoms. The number of aromatic hydroxyl groups is 2. The van der Waals surface area contributed by atoms with E-state index in [0.717, 1.165) is 5.56 Å². The average Bonchev–Trinajstić information content (AvgIpc) is 2.46. The summed E-state index contributed by atoms with van der Waals surface area (Å²) >= 11 is 0. The lowest BCUT2D eigenvalue weighted by atomic mass is 10.1. The Bertz CT molecular complexity index is 610. The van der Waals surface area contributed by atoms with Crippen molar-refractivity contribution in [3.8, 4) is 11.5 Å². The van der Waals surface area contributed by atoms with Gasteiger partial charge in [0.25, 0.3) is 0 Å². The molecule has 0 amide bonds. The second-order valence-corrected chi connectivity index (χ2v) is 4.77. The summed E-state index contributed by atoms with van der Waals surface area (Å²) in [4.78, 5) is 11.3. The molecule has 0 aliphatic carbocycles. The van der Waals surface area contributed by atoms with Gasteiger partial charge in [0.05, 0.1) is 0 Å². The fraction of sp³-hybridized carbons (Fsp3) is 0.188. The van der Waals surface area contributed by atoms with Crippen LogP contribution in [0.2, 0.25) is 0 Å². The number of hydrogen-bond acceptors (Lipinski definition) is 4. The van der Waals surface area contributed by atoms with Crippen molar-refractivity contribution in [2.45, 2.75) is 19.0 Å². The zero-order chi connectivity index (χ0) is 15.2. The molecule has 0 unspecified atom stereocenters. The molecule has 2 aromatic carbocycles. The molecule has 4 N–H and O–H groups in total. The molecule has 0 fully saturated rings. The summed E-state index contributed by atoms with van der Waals surface area (Å²) in [6.45, 7) is 0.266. The van der Waals surface area contributed by atoms with Crippen LogP contribution in [0, 0.1) is 0 Å². The van der Waals surface area contributed by atoms with Gasteiger partial charge in [-0.05, 0) is 30.2 Å². The Morgan fingerprint density at radius 3 is 2.33 bits per heavy atom. The van der Waals surface area contributed by atoms with E-state index in [0.29, 0.717) is 12.0 Å². The number of rotatable bonds is 6. The van der Waals surface area contributed by atoms with Crippen molar-refractivity contribution in [3.63, 3.8) is 0 Å². The van der Waals surface area contributed by atoms with E-state index in [1.165, 1.54) is 12.1 Å². The lowest BCUT2D eigenvalue weighted by Gasteiger charge is -2.15. The largest absolute Gasteiger partial charge is 0.508 e. The quantitative estimate of drug-likeness (QED) is 0.651. The highest BCUT2D eigenvalue weighted by atomic mass is 16.4. The normalized spacial score (nSPS) is 12.0. The van der Waals surface area contributed by atoms with E-state index in [2.05, 4.69) is 5.32 Å². The third-order valence-corrected chi connectivity index (χ3v) is 3.20. The molecule has 0 aliphatic rings. The number of carbonyl (C=O) groups is 1. The molecule has 0 spiro atoms. The van der Waals surface area contributed by atoms with Gasteiger partial charge in [0.2, 0.25) is 0 Å². The zero-order valence-electron chi connectivity index (χ0n) is 11.4. The molecule has 5 nitrogen and oxygen atoms in total. The van der Waals surface area contributed by atoms with Gasteiger partial charge in [-0.2, -0.15) is 0 Å². The van der Waals surface area contributed by atoms with Crippen LogP contribution in [0.1, 0.15) is 11.1 Å². The monoisotopic (exact) mass is 287 g/mol. The second kappa shape index (κ2) is 6.76. The van der Waals surface area contributed by atoms with Crippen LogP contribution in [0.5, 0.6) is 11.5 Å². The average molecular weight is 287 g/mol. The number of carboxylic acid groups (broad SMARTS) is 1. The molecule has 1 atom stereocenters. The molecule has 21 heavy (non-hydrogen) atoms. The smallest absolute Gasteiger partial charge is 0.321 e. The van der Waals surface area contributed by atoms with Gasteiger partial charge in [-0.25, -0.2) is 0 Å². The number of hydrogen-bond donors (Lipinski definition) is 4. The van der Waals surface area contributed by atoms with Crippen molar-refractivity contribution in [1.82, 2.24) is 5.32 Å². The van der Waals surface area contributed by atoms with Gasteiger partial charge in [-0.15, -0.1) is 0 Å². The predicted octanol–water partition coefficient (Wildman–Crippen LogP) is 1.88. The molecular weight excluding hydrogens is 270 g/mol. The van der Waals surface area contributed by atoms with Gasteiger partial charge in [0.15, 0.2) is 0 Å². The van der Waals surface area contributed by atoms with Gasteiger partial charge in [0.1, 0.15) is 17.5 Å². The van der Waals surface area contributed by atoms with E-state index < -0.39 is 12.0 Å². The van der Waals surface area contributed by atoms with Crippen LogP contribution < -0.4 is 5.32 Å². The first-order valence-electron chi connectivity index (χ1n) is 6.57. The number of benzene rings is 2. The van der Waals surface area contributed by atoms with Crippen LogP contribution in [0.15, 0.2) is 48.5 Å². The van der Waals surface area contributed by atoms with Crippen molar-refractivity contribution in [2.24, 2.45) is 0 Å². The van der Waals surface area contributed by atoms with Crippen LogP contribution in [-0.2, 0) is 17.8 Å². The first kappa shape index (κ1) is 14.9. The van der Waals surface area contributed by atoms with Crippen molar-refractivity contribution >= 4 is 5.97 Å². The van der Waals surface area contributed by atoms with Crippen molar-refractivity contribution in [1.29, 1.82) is 0 Å². The maximum Gasteiger partial charge on any atom is 0.321 e. The van der Waals surface area contributed by atoms with E-state index in [1.807, 2.05) is 0 Å². The van der Waals surface area contributed by atoms with Gasteiger partial charge < -0.3 is 15.3 Å². The molecular formula is C16H17NO4. The maximum atomic E-state index is 11.3. The first-order chi connectivity index (χ1) is 10.1.